The lowest BCUT2D eigenvalue weighted by Gasteiger charge is -1.95. The molecule has 0 aliphatic heterocycles. The van der Waals surface area contributed by atoms with Gasteiger partial charge in [-0.1, -0.05) is 12.1 Å². The number of ether oxygens (including phenoxy) is 1. The summed E-state index contributed by atoms with van der Waals surface area (Å²) in [6.45, 7) is 2.27. The molecule has 0 aliphatic rings. The van der Waals surface area contributed by atoms with Crippen molar-refractivity contribution < 1.29 is 14.1 Å². The lowest BCUT2D eigenvalue weighted by Crippen LogP contribution is -2.12. The van der Waals surface area contributed by atoms with Gasteiger partial charge in [0.2, 0.25) is 0 Å². The second-order valence-corrected chi connectivity index (χ2v) is 3.70. The van der Waals surface area contributed by atoms with Gasteiger partial charge in [0.1, 0.15) is 6.61 Å². The fourth-order valence-electron chi connectivity index (χ4n) is 1.42. The van der Waals surface area contributed by atoms with E-state index in [2.05, 4.69) is 20.7 Å². The Morgan fingerprint density at radius 3 is 3.06 bits per heavy atom. The van der Waals surface area contributed by atoms with Crippen LogP contribution in [-0.2, 0) is 17.8 Å². The number of hydrogen-bond donors (Lipinski definition) is 2. The molecule has 2 aromatic heterocycles. The summed E-state index contributed by atoms with van der Waals surface area (Å²) in [6.07, 6.45) is 0.824. The van der Waals surface area contributed by atoms with E-state index in [0.29, 0.717) is 11.6 Å². The number of nitrogens with zero attached hydrogens (tertiary/aromatic N) is 2. The number of rotatable bonds is 5. The van der Waals surface area contributed by atoms with Crippen LogP contribution in [0.2, 0.25) is 0 Å². The predicted molar refractivity (Wildman–Crippen MR) is 63.1 cm³/mol. The summed E-state index contributed by atoms with van der Waals surface area (Å²) in [5.41, 5.74) is 1.15. The Bertz CT molecular complexity index is 532. The highest BCUT2D eigenvalue weighted by Crippen LogP contribution is 2.09. The number of H-pyrrole nitrogens is 1. The summed E-state index contributed by atoms with van der Waals surface area (Å²) in [7, 11) is 1.54. The zero-order valence-electron chi connectivity index (χ0n) is 10.2. The molecule has 0 atom stereocenters. The van der Waals surface area contributed by atoms with Crippen LogP contribution in [0, 0.1) is 0 Å². The first-order chi connectivity index (χ1) is 8.72. The van der Waals surface area contributed by atoms with E-state index in [4.69, 9.17) is 9.26 Å². The molecule has 0 aromatic carbocycles. The molecule has 0 saturated heterocycles. The molecule has 0 spiro atoms. The van der Waals surface area contributed by atoms with Crippen molar-refractivity contribution in [1.82, 2.24) is 15.4 Å². The van der Waals surface area contributed by atoms with E-state index in [1.165, 1.54) is 13.2 Å². The average Bonchev–Trinajstić information content (AvgIpc) is 2.98. The second-order valence-electron chi connectivity index (χ2n) is 3.70. The summed E-state index contributed by atoms with van der Waals surface area (Å²) in [6, 6.07) is 3.31. The number of aromatic nitrogens is 3. The lowest BCUT2D eigenvalue weighted by molar-refractivity contribution is 0.101. The minimum atomic E-state index is -0.366. The lowest BCUT2D eigenvalue weighted by atomic mass is 10.3. The number of carbonyl (C=O) groups is 1. The summed E-state index contributed by atoms with van der Waals surface area (Å²) in [4.78, 5) is 11.8. The van der Waals surface area contributed by atoms with Crippen LogP contribution in [0.1, 0.15) is 28.9 Å². The average molecular weight is 250 g/mol. The Hall–Kier alpha value is -2.15. The number of carbonyl (C=O) groups excluding carboxylic acids is 1. The van der Waals surface area contributed by atoms with E-state index in [1.807, 2.05) is 6.92 Å². The largest absolute Gasteiger partial charge is 0.377 e. The Kier molecular flexibility index (Phi) is 3.73. The van der Waals surface area contributed by atoms with Crippen LogP contribution in [0.5, 0.6) is 0 Å². The van der Waals surface area contributed by atoms with Crippen molar-refractivity contribution in [1.29, 1.82) is 0 Å². The van der Waals surface area contributed by atoms with Crippen LogP contribution >= 0.6 is 0 Å². The first-order valence-corrected chi connectivity index (χ1v) is 5.53. The van der Waals surface area contributed by atoms with Gasteiger partial charge in [0.05, 0.1) is 0 Å². The monoisotopic (exact) mass is 250 g/mol. The quantitative estimate of drug-likeness (QED) is 0.835. The van der Waals surface area contributed by atoms with Gasteiger partial charge >= 0.3 is 0 Å². The summed E-state index contributed by atoms with van der Waals surface area (Å²) in [5.74, 6) is 0.599. The van der Waals surface area contributed by atoms with Crippen LogP contribution in [0.25, 0.3) is 0 Å². The van der Waals surface area contributed by atoms with Crippen molar-refractivity contribution in [3.63, 3.8) is 0 Å². The Balaban J connectivity index is 2.02. The van der Waals surface area contributed by atoms with E-state index in [0.717, 1.165) is 12.1 Å². The molecule has 18 heavy (non-hydrogen) atoms. The van der Waals surface area contributed by atoms with Gasteiger partial charge in [0, 0.05) is 24.9 Å². The van der Waals surface area contributed by atoms with Crippen LogP contribution < -0.4 is 5.32 Å². The molecule has 0 aliphatic carbocycles. The van der Waals surface area contributed by atoms with Gasteiger partial charge in [-0.3, -0.25) is 9.89 Å². The van der Waals surface area contributed by atoms with E-state index in [1.54, 1.807) is 6.07 Å². The highest BCUT2D eigenvalue weighted by Gasteiger charge is 2.13. The summed E-state index contributed by atoms with van der Waals surface area (Å²) < 4.78 is 9.80. The molecule has 0 fully saturated rings. The number of methoxy groups -OCH3 is 1. The van der Waals surface area contributed by atoms with Crippen molar-refractivity contribution in [2.45, 2.75) is 20.0 Å². The van der Waals surface area contributed by atoms with E-state index < -0.39 is 0 Å². The summed E-state index contributed by atoms with van der Waals surface area (Å²) >= 11 is 0. The fourth-order valence-corrected chi connectivity index (χ4v) is 1.42. The SMILES string of the molecule is CCc1cc(NC(=O)c2cc(COC)on2)n[nH]1. The molecule has 7 heteroatoms. The molecular formula is C11H14N4O3. The minimum absolute atomic E-state index is 0.197. The Labute approximate surface area is 104 Å². The third kappa shape index (κ3) is 2.75. The van der Waals surface area contributed by atoms with Crippen molar-refractivity contribution in [2.75, 3.05) is 12.4 Å². The molecule has 0 radical (unpaired) electrons. The maximum atomic E-state index is 11.8. The predicted octanol–water partition coefficient (Wildman–Crippen LogP) is 1.36. The third-order valence-electron chi connectivity index (χ3n) is 2.33. The van der Waals surface area contributed by atoms with E-state index >= 15 is 0 Å². The second kappa shape index (κ2) is 5.46. The van der Waals surface area contributed by atoms with Crippen LogP contribution in [0.15, 0.2) is 16.7 Å². The molecule has 2 heterocycles. The molecule has 2 aromatic rings. The first kappa shape index (κ1) is 12.3. The van der Waals surface area contributed by atoms with Gasteiger partial charge in [0.15, 0.2) is 17.3 Å². The van der Waals surface area contributed by atoms with Crippen LogP contribution in [-0.4, -0.2) is 28.4 Å². The van der Waals surface area contributed by atoms with Crippen molar-refractivity contribution in [3.05, 3.63) is 29.3 Å². The van der Waals surface area contributed by atoms with Crippen LogP contribution in [0.3, 0.4) is 0 Å². The zero-order chi connectivity index (χ0) is 13.0. The normalized spacial score (nSPS) is 10.6. The highest BCUT2D eigenvalue weighted by molar-refractivity contribution is 6.02. The molecule has 2 rings (SSSR count). The van der Waals surface area contributed by atoms with Crippen molar-refractivity contribution in [3.8, 4) is 0 Å². The molecule has 0 bridgehead atoms. The molecule has 2 N–H and O–H groups in total. The maximum absolute atomic E-state index is 11.8. The molecule has 1 amide bonds. The first-order valence-electron chi connectivity index (χ1n) is 5.53. The molecule has 96 valence electrons. The third-order valence-corrected chi connectivity index (χ3v) is 2.33. The van der Waals surface area contributed by atoms with Gasteiger partial charge in [0.25, 0.3) is 5.91 Å². The van der Waals surface area contributed by atoms with E-state index in [9.17, 15) is 4.79 Å². The molecule has 0 saturated carbocycles. The van der Waals surface area contributed by atoms with Gasteiger partial charge in [-0.15, -0.1) is 0 Å². The van der Waals surface area contributed by atoms with Gasteiger partial charge in [-0.25, -0.2) is 0 Å². The van der Waals surface area contributed by atoms with Gasteiger partial charge in [-0.05, 0) is 6.42 Å². The highest BCUT2D eigenvalue weighted by atomic mass is 16.5. The standard InChI is InChI=1S/C11H14N4O3/c1-3-7-4-10(14-13-7)12-11(16)9-5-8(6-17-2)18-15-9/h4-5H,3,6H2,1-2H3,(H2,12,13,14,16). The van der Waals surface area contributed by atoms with Gasteiger partial charge in [-0.2, -0.15) is 5.10 Å². The maximum Gasteiger partial charge on any atom is 0.279 e. The number of amides is 1. The van der Waals surface area contributed by atoms with Crippen molar-refractivity contribution in [2.24, 2.45) is 0 Å². The number of aromatic amines is 1. The number of anilines is 1. The molecular weight excluding hydrogens is 236 g/mol. The van der Waals surface area contributed by atoms with E-state index in [-0.39, 0.29) is 18.2 Å². The minimum Gasteiger partial charge on any atom is -0.377 e. The topological polar surface area (TPSA) is 93.0 Å². The number of aryl methyl sites for hydroxylation is 1. The smallest absolute Gasteiger partial charge is 0.279 e. The fraction of sp³-hybridized carbons (Fsp3) is 0.364. The Morgan fingerprint density at radius 2 is 2.39 bits per heavy atom. The van der Waals surface area contributed by atoms with Crippen molar-refractivity contribution >= 4 is 11.7 Å². The van der Waals surface area contributed by atoms with Gasteiger partial charge < -0.3 is 14.6 Å². The number of nitrogens with one attached hydrogen (secondary N) is 2. The zero-order valence-corrected chi connectivity index (χ0v) is 10.2. The number of hydrogen-bond acceptors (Lipinski definition) is 5. The summed E-state index contributed by atoms with van der Waals surface area (Å²) in [5, 5.41) is 13.0. The molecule has 7 nitrogen and oxygen atoms in total. The molecule has 0 unspecified atom stereocenters. The van der Waals surface area contributed by atoms with Crippen LogP contribution in [0.4, 0.5) is 5.82 Å². The Morgan fingerprint density at radius 1 is 1.56 bits per heavy atom.